The van der Waals surface area contributed by atoms with Crippen LogP contribution in [0.4, 0.5) is 0 Å². The maximum atomic E-state index is 10.7. The number of aliphatic hydroxyl groups is 1. The highest BCUT2D eigenvalue weighted by atomic mass is 16.3. The molecule has 1 aromatic carbocycles. The van der Waals surface area contributed by atoms with E-state index in [0.717, 1.165) is 32.0 Å². The molecule has 2 heteroatoms. The van der Waals surface area contributed by atoms with Crippen molar-refractivity contribution in [1.82, 2.24) is 4.90 Å². The molecule has 1 heterocycles. The van der Waals surface area contributed by atoms with Crippen LogP contribution in [-0.2, 0) is 6.42 Å². The van der Waals surface area contributed by atoms with Crippen LogP contribution in [0.25, 0.3) is 0 Å². The lowest BCUT2D eigenvalue weighted by molar-refractivity contribution is 0.0487. The molecule has 1 aromatic rings. The molecule has 2 aliphatic rings. The van der Waals surface area contributed by atoms with Crippen LogP contribution in [0.3, 0.4) is 0 Å². The molecule has 1 saturated carbocycles. The van der Waals surface area contributed by atoms with Crippen molar-refractivity contribution in [3.63, 3.8) is 0 Å². The van der Waals surface area contributed by atoms with Gasteiger partial charge in [0.1, 0.15) is 0 Å². The summed E-state index contributed by atoms with van der Waals surface area (Å²) in [5, 5.41) is 10.7. The number of aryl methyl sites for hydroxylation is 2. The maximum absolute atomic E-state index is 10.7. The Labute approximate surface area is 110 Å². The third kappa shape index (κ3) is 2.60. The predicted molar refractivity (Wildman–Crippen MR) is 73.8 cm³/mol. The van der Waals surface area contributed by atoms with Crippen LogP contribution in [-0.4, -0.2) is 34.7 Å². The third-order valence-corrected chi connectivity index (χ3v) is 4.24. The zero-order valence-electron chi connectivity index (χ0n) is 11.4. The standard InChI is InChI=1S/C16H23NO/c1-12-7-13(2)9-14(8-12)10-16(18)5-6-17(11-16)15-3-4-15/h7-9,15,18H,3-6,10-11H2,1-2H3. The molecule has 2 nitrogen and oxygen atoms in total. The first-order valence-corrected chi connectivity index (χ1v) is 7.08. The lowest BCUT2D eigenvalue weighted by Crippen LogP contribution is -2.36. The molecule has 98 valence electrons. The largest absolute Gasteiger partial charge is 0.388 e. The molecule has 0 aromatic heterocycles. The van der Waals surface area contributed by atoms with Crippen LogP contribution in [0.1, 0.15) is 36.0 Å². The van der Waals surface area contributed by atoms with Gasteiger partial charge in [-0.2, -0.15) is 0 Å². The van der Waals surface area contributed by atoms with Gasteiger partial charge in [0.2, 0.25) is 0 Å². The van der Waals surface area contributed by atoms with Crippen LogP contribution in [0.5, 0.6) is 0 Å². The number of β-amino-alcohol motifs (C(OH)–C–C–N with tert-alkyl or cyclic N) is 1. The van der Waals surface area contributed by atoms with Crippen LogP contribution in [0.2, 0.25) is 0 Å². The monoisotopic (exact) mass is 245 g/mol. The molecule has 1 aliphatic carbocycles. The first-order chi connectivity index (χ1) is 8.54. The van der Waals surface area contributed by atoms with Gasteiger partial charge in [-0.05, 0) is 38.7 Å². The molecular weight excluding hydrogens is 222 g/mol. The summed E-state index contributed by atoms with van der Waals surface area (Å²) in [5.74, 6) is 0. The van der Waals surface area contributed by atoms with Crippen LogP contribution < -0.4 is 0 Å². The van der Waals surface area contributed by atoms with Crippen molar-refractivity contribution < 1.29 is 5.11 Å². The molecule has 3 rings (SSSR count). The van der Waals surface area contributed by atoms with E-state index in [4.69, 9.17) is 0 Å². The average Bonchev–Trinajstić information content (AvgIpc) is 3.02. The van der Waals surface area contributed by atoms with Crippen LogP contribution in [0, 0.1) is 13.8 Å². The van der Waals surface area contributed by atoms with Crippen molar-refractivity contribution in [2.45, 2.75) is 51.2 Å². The topological polar surface area (TPSA) is 23.5 Å². The van der Waals surface area contributed by atoms with E-state index < -0.39 is 5.60 Å². The van der Waals surface area contributed by atoms with Gasteiger partial charge in [0.25, 0.3) is 0 Å². The van der Waals surface area contributed by atoms with Crippen molar-refractivity contribution in [3.05, 3.63) is 34.9 Å². The fourth-order valence-electron chi connectivity index (χ4n) is 3.33. The van der Waals surface area contributed by atoms with Crippen molar-refractivity contribution in [2.75, 3.05) is 13.1 Å². The van der Waals surface area contributed by atoms with Gasteiger partial charge in [0, 0.05) is 25.6 Å². The lowest BCUT2D eigenvalue weighted by Gasteiger charge is -2.24. The maximum Gasteiger partial charge on any atom is 0.0826 e. The highest BCUT2D eigenvalue weighted by molar-refractivity contribution is 5.29. The number of rotatable bonds is 3. The SMILES string of the molecule is Cc1cc(C)cc(CC2(O)CCN(C3CC3)C2)c1. The van der Waals surface area contributed by atoms with E-state index in [2.05, 4.69) is 36.9 Å². The molecule has 0 radical (unpaired) electrons. The third-order valence-electron chi connectivity index (χ3n) is 4.24. The van der Waals surface area contributed by atoms with Crippen molar-refractivity contribution in [3.8, 4) is 0 Å². The van der Waals surface area contributed by atoms with E-state index in [1.807, 2.05) is 0 Å². The Morgan fingerprint density at radius 1 is 1.22 bits per heavy atom. The number of nitrogens with zero attached hydrogens (tertiary/aromatic N) is 1. The lowest BCUT2D eigenvalue weighted by atomic mass is 9.92. The predicted octanol–water partition coefficient (Wildman–Crippen LogP) is 2.45. The number of benzene rings is 1. The van der Waals surface area contributed by atoms with Crippen LogP contribution in [0.15, 0.2) is 18.2 Å². The van der Waals surface area contributed by atoms with Gasteiger partial charge >= 0.3 is 0 Å². The Bertz CT molecular complexity index is 432. The summed E-state index contributed by atoms with van der Waals surface area (Å²) >= 11 is 0. The molecule has 0 amide bonds. The minimum atomic E-state index is -0.497. The van der Waals surface area contributed by atoms with Gasteiger partial charge in [-0.1, -0.05) is 29.3 Å². The zero-order chi connectivity index (χ0) is 12.8. The van der Waals surface area contributed by atoms with Gasteiger partial charge in [-0.25, -0.2) is 0 Å². The number of hydrogen-bond donors (Lipinski definition) is 1. The summed E-state index contributed by atoms with van der Waals surface area (Å²) in [5.41, 5.74) is 3.38. The Balaban J connectivity index is 1.71. The molecule has 0 bridgehead atoms. The first-order valence-electron chi connectivity index (χ1n) is 7.08. The van der Waals surface area contributed by atoms with Crippen molar-refractivity contribution >= 4 is 0 Å². The van der Waals surface area contributed by atoms with Crippen molar-refractivity contribution in [1.29, 1.82) is 0 Å². The first kappa shape index (κ1) is 12.2. The average molecular weight is 245 g/mol. The quantitative estimate of drug-likeness (QED) is 0.884. The summed E-state index contributed by atoms with van der Waals surface area (Å²) in [6, 6.07) is 7.40. The highest BCUT2D eigenvalue weighted by Crippen LogP contribution is 2.34. The molecule has 1 atom stereocenters. The summed E-state index contributed by atoms with van der Waals surface area (Å²) in [6.07, 6.45) is 4.40. The summed E-state index contributed by atoms with van der Waals surface area (Å²) in [6.45, 7) is 6.20. The molecule has 18 heavy (non-hydrogen) atoms. The minimum absolute atomic E-state index is 0.497. The van der Waals surface area contributed by atoms with E-state index in [-0.39, 0.29) is 0 Å². The Morgan fingerprint density at radius 2 is 1.89 bits per heavy atom. The number of hydrogen-bond acceptors (Lipinski definition) is 2. The van der Waals surface area contributed by atoms with Gasteiger partial charge in [0.05, 0.1) is 5.60 Å². The molecule has 2 fully saturated rings. The second-order valence-electron chi connectivity index (χ2n) is 6.35. The van der Waals surface area contributed by atoms with Gasteiger partial charge in [0.15, 0.2) is 0 Å². The van der Waals surface area contributed by atoms with Crippen LogP contribution >= 0.6 is 0 Å². The fourth-order valence-corrected chi connectivity index (χ4v) is 3.33. The second kappa shape index (κ2) is 4.36. The fraction of sp³-hybridized carbons (Fsp3) is 0.625. The van der Waals surface area contributed by atoms with E-state index in [0.29, 0.717) is 0 Å². The summed E-state index contributed by atoms with van der Waals surface area (Å²) in [4.78, 5) is 2.47. The van der Waals surface area contributed by atoms with E-state index in [1.54, 1.807) is 0 Å². The Morgan fingerprint density at radius 3 is 2.50 bits per heavy atom. The Hall–Kier alpha value is -0.860. The molecule has 1 aliphatic heterocycles. The normalized spacial score (nSPS) is 28.8. The summed E-state index contributed by atoms with van der Waals surface area (Å²) < 4.78 is 0. The van der Waals surface area contributed by atoms with Gasteiger partial charge in [-0.15, -0.1) is 0 Å². The van der Waals surface area contributed by atoms with Crippen molar-refractivity contribution in [2.24, 2.45) is 0 Å². The molecule has 1 saturated heterocycles. The molecule has 0 spiro atoms. The number of likely N-dealkylation sites (tertiary alicyclic amines) is 1. The molecular formula is C16H23NO. The van der Waals surface area contributed by atoms with E-state index in [1.165, 1.54) is 29.5 Å². The highest BCUT2D eigenvalue weighted by Gasteiger charge is 2.41. The summed E-state index contributed by atoms with van der Waals surface area (Å²) in [7, 11) is 0. The van der Waals surface area contributed by atoms with Gasteiger partial charge < -0.3 is 5.11 Å². The minimum Gasteiger partial charge on any atom is -0.388 e. The Kier molecular flexibility index (Phi) is 2.95. The van der Waals surface area contributed by atoms with Gasteiger partial charge in [-0.3, -0.25) is 4.90 Å². The molecule has 1 unspecified atom stereocenters. The van der Waals surface area contributed by atoms with E-state index >= 15 is 0 Å². The molecule has 1 N–H and O–H groups in total. The zero-order valence-corrected chi connectivity index (χ0v) is 11.4. The second-order valence-corrected chi connectivity index (χ2v) is 6.35. The van der Waals surface area contributed by atoms with E-state index in [9.17, 15) is 5.11 Å². The smallest absolute Gasteiger partial charge is 0.0826 e.